The molecule has 0 atom stereocenters. The second-order valence-corrected chi connectivity index (χ2v) is 4.71. The molecule has 0 radical (unpaired) electrons. The number of aromatic nitrogens is 1. The van der Waals surface area contributed by atoms with Gasteiger partial charge in [0.25, 0.3) is 5.91 Å². The van der Waals surface area contributed by atoms with Crippen molar-refractivity contribution in [1.29, 1.82) is 0 Å². The molecule has 0 unspecified atom stereocenters. The van der Waals surface area contributed by atoms with Gasteiger partial charge in [-0.25, -0.2) is 4.98 Å². The smallest absolute Gasteiger partial charge is 0.275 e. The standard InChI is InChI=1S/C13H11BrN4O2/c14-10-5-2-6-16-11(10)13(19)17-9-4-1-3-8(7-9)12(15)18-20/h1-7,20H,(H2,15,18)(H,17,19). The van der Waals surface area contributed by atoms with Crippen LogP contribution in [0.15, 0.2) is 52.2 Å². The molecule has 0 bridgehead atoms. The molecule has 0 aliphatic rings. The number of halogens is 1. The van der Waals surface area contributed by atoms with E-state index in [1.54, 1.807) is 36.4 Å². The minimum atomic E-state index is -0.353. The van der Waals surface area contributed by atoms with E-state index in [-0.39, 0.29) is 17.4 Å². The van der Waals surface area contributed by atoms with Crippen molar-refractivity contribution in [2.45, 2.75) is 0 Å². The molecular formula is C13H11BrN4O2. The Balaban J connectivity index is 2.23. The third-order valence-electron chi connectivity index (χ3n) is 2.50. The van der Waals surface area contributed by atoms with Crippen LogP contribution < -0.4 is 11.1 Å². The van der Waals surface area contributed by atoms with Crippen LogP contribution in [0.25, 0.3) is 0 Å². The predicted octanol–water partition coefficient (Wildman–Crippen LogP) is 2.19. The summed E-state index contributed by atoms with van der Waals surface area (Å²) in [6, 6.07) is 10.1. The Morgan fingerprint density at radius 2 is 2.15 bits per heavy atom. The Labute approximate surface area is 123 Å². The zero-order chi connectivity index (χ0) is 14.5. The van der Waals surface area contributed by atoms with Crippen LogP contribution in [-0.2, 0) is 0 Å². The van der Waals surface area contributed by atoms with E-state index >= 15 is 0 Å². The van der Waals surface area contributed by atoms with Gasteiger partial charge in [-0.2, -0.15) is 0 Å². The van der Waals surface area contributed by atoms with Crippen LogP contribution in [0.5, 0.6) is 0 Å². The highest BCUT2D eigenvalue weighted by Gasteiger charge is 2.11. The molecule has 1 aromatic heterocycles. The average Bonchev–Trinajstić information content (AvgIpc) is 2.47. The highest BCUT2D eigenvalue weighted by atomic mass is 79.9. The Hall–Kier alpha value is -2.41. The SMILES string of the molecule is N/C(=N/O)c1cccc(NC(=O)c2ncccc2Br)c1. The lowest BCUT2D eigenvalue weighted by Gasteiger charge is -2.07. The molecule has 0 spiro atoms. The fraction of sp³-hybridized carbons (Fsp3) is 0. The number of nitrogens with one attached hydrogen (secondary N) is 1. The van der Waals surface area contributed by atoms with Crippen LogP contribution in [-0.4, -0.2) is 21.9 Å². The summed E-state index contributed by atoms with van der Waals surface area (Å²) < 4.78 is 0.602. The van der Waals surface area contributed by atoms with Gasteiger partial charge >= 0.3 is 0 Å². The molecule has 0 saturated carbocycles. The number of hydrogen-bond acceptors (Lipinski definition) is 4. The quantitative estimate of drug-likeness (QED) is 0.346. The molecule has 0 fully saturated rings. The summed E-state index contributed by atoms with van der Waals surface area (Å²) in [5.74, 6) is -0.380. The Morgan fingerprint density at radius 1 is 1.35 bits per heavy atom. The first kappa shape index (κ1) is 14.0. The maximum absolute atomic E-state index is 12.1. The van der Waals surface area contributed by atoms with Crippen LogP contribution in [0.4, 0.5) is 5.69 Å². The number of benzene rings is 1. The van der Waals surface area contributed by atoms with Crippen molar-refractivity contribution >= 4 is 33.4 Å². The molecule has 20 heavy (non-hydrogen) atoms. The van der Waals surface area contributed by atoms with Gasteiger partial charge in [0, 0.05) is 21.9 Å². The topological polar surface area (TPSA) is 101 Å². The van der Waals surface area contributed by atoms with Crippen molar-refractivity contribution in [1.82, 2.24) is 4.98 Å². The summed E-state index contributed by atoms with van der Waals surface area (Å²) in [6.45, 7) is 0. The highest BCUT2D eigenvalue weighted by Crippen LogP contribution is 2.16. The van der Waals surface area contributed by atoms with E-state index in [2.05, 4.69) is 31.4 Å². The summed E-state index contributed by atoms with van der Waals surface area (Å²) in [5, 5.41) is 14.2. The molecule has 2 rings (SSSR count). The van der Waals surface area contributed by atoms with Crippen molar-refractivity contribution in [2.75, 3.05) is 5.32 Å². The molecular weight excluding hydrogens is 324 g/mol. The Bertz CT molecular complexity index is 673. The number of pyridine rings is 1. The summed E-state index contributed by atoms with van der Waals surface area (Å²) in [6.07, 6.45) is 1.53. The minimum absolute atomic E-state index is 0.0277. The monoisotopic (exact) mass is 334 g/mol. The van der Waals surface area contributed by atoms with Crippen molar-refractivity contribution in [3.63, 3.8) is 0 Å². The predicted molar refractivity (Wildman–Crippen MR) is 78.8 cm³/mol. The third-order valence-corrected chi connectivity index (χ3v) is 3.14. The maximum atomic E-state index is 12.1. The van der Waals surface area contributed by atoms with Crippen LogP contribution in [0.2, 0.25) is 0 Å². The molecule has 0 aliphatic heterocycles. The first-order valence-electron chi connectivity index (χ1n) is 5.61. The third kappa shape index (κ3) is 3.12. The summed E-state index contributed by atoms with van der Waals surface area (Å²) >= 11 is 3.26. The number of rotatable bonds is 3. The fourth-order valence-corrected chi connectivity index (χ4v) is 1.99. The molecule has 7 heteroatoms. The van der Waals surface area contributed by atoms with E-state index in [1.165, 1.54) is 6.20 Å². The summed E-state index contributed by atoms with van der Waals surface area (Å²) in [4.78, 5) is 16.1. The first-order chi connectivity index (χ1) is 9.61. The van der Waals surface area contributed by atoms with Crippen LogP contribution >= 0.6 is 15.9 Å². The number of nitrogens with zero attached hydrogens (tertiary/aromatic N) is 2. The van der Waals surface area contributed by atoms with Crippen LogP contribution in [0.1, 0.15) is 16.1 Å². The van der Waals surface area contributed by atoms with Crippen molar-refractivity contribution in [3.8, 4) is 0 Å². The van der Waals surface area contributed by atoms with Crippen LogP contribution in [0, 0.1) is 0 Å². The molecule has 102 valence electrons. The largest absolute Gasteiger partial charge is 0.409 e. The lowest BCUT2D eigenvalue weighted by molar-refractivity contribution is 0.102. The van der Waals surface area contributed by atoms with E-state index in [9.17, 15) is 4.79 Å². The molecule has 6 nitrogen and oxygen atoms in total. The zero-order valence-corrected chi connectivity index (χ0v) is 11.8. The van der Waals surface area contributed by atoms with Gasteiger partial charge in [0.1, 0.15) is 5.69 Å². The molecule has 1 amide bonds. The second-order valence-electron chi connectivity index (χ2n) is 3.85. The Kier molecular flexibility index (Phi) is 4.31. The van der Waals surface area contributed by atoms with Gasteiger partial charge < -0.3 is 16.3 Å². The molecule has 1 aromatic carbocycles. The first-order valence-corrected chi connectivity index (χ1v) is 6.41. The van der Waals surface area contributed by atoms with Crippen LogP contribution in [0.3, 0.4) is 0 Å². The number of oxime groups is 1. The molecule has 1 heterocycles. The number of hydrogen-bond donors (Lipinski definition) is 3. The van der Waals surface area contributed by atoms with Gasteiger partial charge in [0.05, 0.1) is 0 Å². The number of carbonyl (C=O) groups excluding carboxylic acids is 1. The van der Waals surface area contributed by atoms with Gasteiger partial charge in [-0.05, 0) is 40.2 Å². The molecule has 0 saturated heterocycles. The van der Waals surface area contributed by atoms with Gasteiger partial charge in [-0.1, -0.05) is 17.3 Å². The number of amidine groups is 1. The normalized spacial score (nSPS) is 11.2. The maximum Gasteiger partial charge on any atom is 0.275 e. The van der Waals surface area contributed by atoms with Gasteiger partial charge in [-0.3, -0.25) is 4.79 Å². The zero-order valence-electron chi connectivity index (χ0n) is 10.2. The number of anilines is 1. The fourth-order valence-electron chi connectivity index (χ4n) is 1.56. The number of carbonyl (C=O) groups is 1. The summed E-state index contributed by atoms with van der Waals surface area (Å²) in [7, 11) is 0. The molecule has 2 aromatic rings. The van der Waals surface area contributed by atoms with E-state index in [1.807, 2.05) is 0 Å². The van der Waals surface area contributed by atoms with E-state index < -0.39 is 0 Å². The van der Waals surface area contributed by atoms with E-state index in [4.69, 9.17) is 10.9 Å². The number of amides is 1. The molecule has 4 N–H and O–H groups in total. The highest BCUT2D eigenvalue weighted by molar-refractivity contribution is 9.10. The Morgan fingerprint density at radius 3 is 2.85 bits per heavy atom. The van der Waals surface area contributed by atoms with Gasteiger partial charge in [-0.15, -0.1) is 0 Å². The van der Waals surface area contributed by atoms with Crippen molar-refractivity contribution in [3.05, 3.63) is 58.3 Å². The number of nitrogens with two attached hydrogens (primary N) is 1. The molecule has 0 aliphatic carbocycles. The van der Waals surface area contributed by atoms with Crippen molar-refractivity contribution < 1.29 is 10.0 Å². The van der Waals surface area contributed by atoms with Gasteiger partial charge in [0.2, 0.25) is 0 Å². The lowest BCUT2D eigenvalue weighted by Crippen LogP contribution is -2.16. The van der Waals surface area contributed by atoms with E-state index in [0.717, 1.165) is 0 Å². The summed E-state index contributed by atoms with van der Waals surface area (Å²) in [5.41, 5.74) is 6.81. The average molecular weight is 335 g/mol. The second kappa shape index (κ2) is 6.16. The lowest BCUT2D eigenvalue weighted by atomic mass is 10.2. The van der Waals surface area contributed by atoms with Gasteiger partial charge in [0.15, 0.2) is 5.84 Å². The van der Waals surface area contributed by atoms with Crippen molar-refractivity contribution in [2.24, 2.45) is 10.9 Å². The van der Waals surface area contributed by atoms with E-state index in [0.29, 0.717) is 15.7 Å². The minimum Gasteiger partial charge on any atom is -0.409 e.